The number of para-hydroxylation sites is 1. The third-order valence-corrected chi connectivity index (χ3v) is 4.14. The molecule has 0 fully saturated rings. The number of primary amides is 1. The molecular weight excluding hydrogens is 391 g/mol. The molecule has 1 atom stereocenters. The van der Waals surface area contributed by atoms with Crippen molar-refractivity contribution in [1.29, 1.82) is 0 Å². The van der Waals surface area contributed by atoms with Crippen LogP contribution in [-0.2, 0) is 4.79 Å². The molecule has 0 saturated heterocycles. The lowest BCUT2D eigenvalue weighted by atomic mass is 10.1. The monoisotopic (exact) mass is 400 g/mol. The first-order valence-electron chi connectivity index (χ1n) is 5.74. The predicted molar refractivity (Wildman–Crippen MR) is 83.8 cm³/mol. The molecule has 2 aromatic rings. The Morgan fingerprint density at radius 2 is 1.85 bits per heavy atom. The molecular formula is C14H11Br2FN2O. The topological polar surface area (TPSA) is 55.1 Å². The summed E-state index contributed by atoms with van der Waals surface area (Å²) in [6.07, 6.45) is 0. The van der Waals surface area contributed by atoms with E-state index in [9.17, 15) is 9.18 Å². The molecule has 20 heavy (non-hydrogen) atoms. The largest absolute Gasteiger partial charge is 0.369 e. The highest BCUT2D eigenvalue weighted by Crippen LogP contribution is 2.30. The average molecular weight is 402 g/mol. The number of carbonyl (C=O) groups excluding carboxylic acids is 1. The highest BCUT2D eigenvalue weighted by molar-refractivity contribution is 9.11. The van der Waals surface area contributed by atoms with E-state index in [0.29, 0.717) is 15.7 Å². The second-order valence-corrected chi connectivity index (χ2v) is 5.83. The van der Waals surface area contributed by atoms with E-state index >= 15 is 0 Å². The van der Waals surface area contributed by atoms with Gasteiger partial charge in [-0.15, -0.1) is 0 Å². The maximum Gasteiger partial charge on any atom is 0.244 e. The molecule has 0 heterocycles. The third kappa shape index (κ3) is 3.37. The fourth-order valence-electron chi connectivity index (χ4n) is 1.77. The Morgan fingerprint density at radius 3 is 2.50 bits per heavy atom. The summed E-state index contributed by atoms with van der Waals surface area (Å²) >= 11 is 6.68. The number of benzene rings is 2. The standard InChI is InChI=1S/C14H11Br2FN2O/c15-10-6-5-8(17)7-9(10)13(14(18)20)19-12-4-2-1-3-11(12)16/h1-7,13,19H,(H2,18,20). The molecule has 2 aromatic carbocycles. The number of anilines is 1. The second kappa shape index (κ2) is 6.37. The van der Waals surface area contributed by atoms with Gasteiger partial charge >= 0.3 is 0 Å². The summed E-state index contributed by atoms with van der Waals surface area (Å²) in [6.45, 7) is 0. The zero-order valence-corrected chi connectivity index (χ0v) is 13.4. The van der Waals surface area contributed by atoms with Gasteiger partial charge in [-0.2, -0.15) is 0 Å². The van der Waals surface area contributed by atoms with Gasteiger partial charge in [-0.3, -0.25) is 4.79 Å². The van der Waals surface area contributed by atoms with Crippen LogP contribution in [0, 0.1) is 5.82 Å². The van der Waals surface area contributed by atoms with E-state index < -0.39 is 17.8 Å². The lowest BCUT2D eigenvalue weighted by molar-refractivity contribution is -0.118. The molecule has 0 aliphatic carbocycles. The highest BCUT2D eigenvalue weighted by Gasteiger charge is 2.21. The Hall–Kier alpha value is -1.40. The summed E-state index contributed by atoms with van der Waals surface area (Å²) in [5, 5.41) is 3.01. The van der Waals surface area contributed by atoms with Gasteiger partial charge in [0.2, 0.25) is 5.91 Å². The van der Waals surface area contributed by atoms with Crippen LogP contribution >= 0.6 is 31.9 Å². The van der Waals surface area contributed by atoms with Crippen molar-refractivity contribution in [2.45, 2.75) is 6.04 Å². The molecule has 0 aromatic heterocycles. The van der Waals surface area contributed by atoms with Gasteiger partial charge in [0.15, 0.2) is 0 Å². The molecule has 0 aliphatic rings. The fraction of sp³-hybridized carbons (Fsp3) is 0.0714. The van der Waals surface area contributed by atoms with Crippen LogP contribution in [0.3, 0.4) is 0 Å². The molecule has 1 amide bonds. The molecule has 0 radical (unpaired) electrons. The Morgan fingerprint density at radius 1 is 1.15 bits per heavy atom. The van der Waals surface area contributed by atoms with Gasteiger partial charge in [0.05, 0.1) is 0 Å². The van der Waals surface area contributed by atoms with Gasteiger partial charge < -0.3 is 11.1 Å². The maximum atomic E-state index is 13.4. The van der Waals surface area contributed by atoms with E-state index in [1.165, 1.54) is 12.1 Å². The second-order valence-electron chi connectivity index (χ2n) is 4.13. The fourth-order valence-corrected chi connectivity index (χ4v) is 2.65. The Bertz CT molecular complexity index is 649. The minimum Gasteiger partial charge on any atom is -0.369 e. The predicted octanol–water partition coefficient (Wildman–Crippen LogP) is 3.99. The van der Waals surface area contributed by atoms with Gasteiger partial charge in [0.1, 0.15) is 11.9 Å². The summed E-state index contributed by atoms with van der Waals surface area (Å²) < 4.78 is 14.8. The molecule has 0 aliphatic heterocycles. The summed E-state index contributed by atoms with van der Waals surface area (Å²) in [5.74, 6) is -1.02. The van der Waals surface area contributed by atoms with E-state index in [4.69, 9.17) is 5.73 Å². The van der Waals surface area contributed by atoms with Gasteiger partial charge in [-0.25, -0.2) is 4.39 Å². The maximum absolute atomic E-state index is 13.4. The quantitative estimate of drug-likeness (QED) is 0.813. The van der Waals surface area contributed by atoms with Crippen molar-refractivity contribution in [3.63, 3.8) is 0 Å². The van der Waals surface area contributed by atoms with Crippen LogP contribution in [0.2, 0.25) is 0 Å². The van der Waals surface area contributed by atoms with Crippen LogP contribution in [-0.4, -0.2) is 5.91 Å². The molecule has 3 N–H and O–H groups in total. The minimum absolute atomic E-state index is 0.427. The summed E-state index contributed by atoms with van der Waals surface area (Å²) in [4.78, 5) is 11.7. The van der Waals surface area contributed by atoms with E-state index in [-0.39, 0.29) is 0 Å². The minimum atomic E-state index is -0.834. The average Bonchev–Trinajstić information content (AvgIpc) is 2.40. The third-order valence-electron chi connectivity index (χ3n) is 2.73. The van der Waals surface area contributed by atoms with Crippen molar-refractivity contribution in [1.82, 2.24) is 0 Å². The number of hydrogen-bond donors (Lipinski definition) is 2. The van der Waals surface area contributed by atoms with E-state index in [2.05, 4.69) is 37.2 Å². The van der Waals surface area contributed by atoms with Crippen molar-refractivity contribution in [2.24, 2.45) is 5.73 Å². The Kier molecular flexibility index (Phi) is 4.77. The first kappa shape index (κ1) is 15.0. The van der Waals surface area contributed by atoms with E-state index in [1.807, 2.05) is 18.2 Å². The van der Waals surface area contributed by atoms with Crippen LogP contribution in [0.1, 0.15) is 11.6 Å². The number of hydrogen-bond acceptors (Lipinski definition) is 2. The Balaban J connectivity index is 2.40. The lowest BCUT2D eigenvalue weighted by Crippen LogP contribution is -2.28. The van der Waals surface area contributed by atoms with Crippen LogP contribution in [0.15, 0.2) is 51.4 Å². The Labute approximate surface area is 132 Å². The van der Waals surface area contributed by atoms with E-state index in [1.54, 1.807) is 12.1 Å². The molecule has 3 nitrogen and oxygen atoms in total. The number of rotatable bonds is 4. The normalized spacial score (nSPS) is 11.9. The van der Waals surface area contributed by atoms with Crippen molar-refractivity contribution in [3.8, 4) is 0 Å². The molecule has 1 unspecified atom stereocenters. The van der Waals surface area contributed by atoms with E-state index in [0.717, 1.165) is 4.47 Å². The summed E-state index contributed by atoms with van der Waals surface area (Å²) in [7, 11) is 0. The van der Waals surface area contributed by atoms with Crippen molar-refractivity contribution < 1.29 is 9.18 Å². The van der Waals surface area contributed by atoms with Crippen molar-refractivity contribution in [2.75, 3.05) is 5.32 Å². The number of halogens is 3. The SMILES string of the molecule is NC(=O)C(Nc1ccccc1Br)c1cc(F)ccc1Br. The van der Waals surface area contributed by atoms with Gasteiger partial charge in [0.25, 0.3) is 0 Å². The zero-order valence-electron chi connectivity index (χ0n) is 10.2. The molecule has 0 bridgehead atoms. The van der Waals surface area contributed by atoms with Gasteiger partial charge in [0, 0.05) is 20.2 Å². The first-order chi connectivity index (χ1) is 9.49. The molecule has 2 rings (SSSR count). The summed E-state index contributed by atoms with van der Waals surface area (Å²) in [6, 6.07) is 10.6. The van der Waals surface area contributed by atoms with Crippen LogP contribution in [0.4, 0.5) is 10.1 Å². The number of nitrogens with two attached hydrogens (primary N) is 1. The number of nitrogens with one attached hydrogen (secondary N) is 1. The van der Waals surface area contributed by atoms with Gasteiger partial charge in [-0.1, -0.05) is 28.1 Å². The molecule has 0 spiro atoms. The first-order valence-corrected chi connectivity index (χ1v) is 7.33. The lowest BCUT2D eigenvalue weighted by Gasteiger charge is -2.19. The van der Waals surface area contributed by atoms with Crippen LogP contribution in [0.5, 0.6) is 0 Å². The smallest absolute Gasteiger partial charge is 0.244 e. The van der Waals surface area contributed by atoms with Crippen LogP contribution in [0.25, 0.3) is 0 Å². The molecule has 6 heteroatoms. The van der Waals surface area contributed by atoms with Crippen molar-refractivity contribution in [3.05, 3.63) is 62.8 Å². The number of amides is 1. The summed E-state index contributed by atoms with van der Waals surface area (Å²) in [5.41, 5.74) is 6.58. The van der Waals surface area contributed by atoms with Crippen molar-refractivity contribution >= 4 is 43.5 Å². The molecule has 104 valence electrons. The zero-order chi connectivity index (χ0) is 14.7. The number of carbonyl (C=O) groups is 1. The molecule has 0 saturated carbocycles. The highest BCUT2D eigenvalue weighted by atomic mass is 79.9. The van der Waals surface area contributed by atoms with Crippen LogP contribution < -0.4 is 11.1 Å². The van der Waals surface area contributed by atoms with Gasteiger partial charge in [-0.05, 0) is 46.3 Å².